The molecule has 1 amide bonds. The molecule has 0 atom stereocenters. The van der Waals surface area contributed by atoms with Gasteiger partial charge in [0.2, 0.25) is 0 Å². The van der Waals surface area contributed by atoms with Gasteiger partial charge in [-0.3, -0.25) is 4.79 Å². The molecule has 4 nitrogen and oxygen atoms in total. The number of halogens is 1. The number of hydrogen-bond acceptors (Lipinski definition) is 4. The highest BCUT2D eigenvalue weighted by Crippen LogP contribution is 2.21. The minimum atomic E-state index is -0.229. The monoisotopic (exact) mass is 347 g/mol. The molecule has 3 rings (SSSR count). The van der Waals surface area contributed by atoms with Gasteiger partial charge in [-0.25, -0.2) is 9.37 Å². The zero-order valence-electron chi connectivity index (χ0n) is 13.8. The van der Waals surface area contributed by atoms with Crippen molar-refractivity contribution in [3.8, 4) is 0 Å². The lowest BCUT2D eigenvalue weighted by Crippen LogP contribution is -2.40. The fraction of sp³-hybridized carbons (Fsp3) is 0.444. The van der Waals surface area contributed by atoms with E-state index in [1.54, 1.807) is 17.5 Å². The molecule has 1 aromatic heterocycles. The third-order valence-electron chi connectivity index (χ3n) is 4.46. The second-order valence-corrected chi connectivity index (χ2v) is 7.13. The molecule has 1 aromatic carbocycles. The van der Waals surface area contributed by atoms with E-state index in [2.05, 4.69) is 10.3 Å². The van der Waals surface area contributed by atoms with Crippen molar-refractivity contribution >= 4 is 17.2 Å². The summed E-state index contributed by atoms with van der Waals surface area (Å²) in [5.74, 6) is 0.409. The lowest BCUT2D eigenvalue weighted by Gasteiger charge is -2.31. The number of thiazole rings is 1. The van der Waals surface area contributed by atoms with Gasteiger partial charge in [0, 0.05) is 24.9 Å². The van der Waals surface area contributed by atoms with Gasteiger partial charge in [0.15, 0.2) is 0 Å². The summed E-state index contributed by atoms with van der Waals surface area (Å²) in [4.78, 5) is 18.9. The minimum Gasteiger partial charge on any atom is -0.337 e. The van der Waals surface area contributed by atoms with Crippen LogP contribution >= 0.6 is 11.3 Å². The van der Waals surface area contributed by atoms with Gasteiger partial charge in [0.1, 0.15) is 11.5 Å². The van der Waals surface area contributed by atoms with Crippen molar-refractivity contribution in [1.29, 1.82) is 0 Å². The smallest absolute Gasteiger partial charge is 0.273 e. The first kappa shape index (κ1) is 17.0. The molecule has 1 aliphatic rings. The number of carbonyl (C=O) groups excluding carboxylic acids is 1. The summed E-state index contributed by atoms with van der Waals surface area (Å²) in [6.07, 6.45) is 2.48. The number of nitrogens with one attached hydrogen (secondary N) is 1. The molecule has 0 saturated carbocycles. The number of benzene rings is 1. The molecule has 1 saturated heterocycles. The van der Waals surface area contributed by atoms with Gasteiger partial charge in [-0.2, -0.15) is 0 Å². The average Bonchev–Trinajstić information content (AvgIpc) is 3.06. The zero-order chi connectivity index (χ0) is 16.9. The molecule has 0 spiro atoms. The number of amides is 1. The Morgan fingerprint density at radius 2 is 2.12 bits per heavy atom. The van der Waals surface area contributed by atoms with Crippen molar-refractivity contribution in [2.75, 3.05) is 26.7 Å². The van der Waals surface area contributed by atoms with Crippen LogP contribution in [0.3, 0.4) is 0 Å². The van der Waals surface area contributed by atoms with Crippen LogP contribution in [0.2, 0.25) is 0 Å². The summed E-state index contributed by atoms with van der Waals surface area (Å²) in [7, 11) is 1.96. The van der Waals surface area contributed by atoms with Crippen molar-refractivity contribution in [2.24, 2.45) is 5.92 Å². The minimum absolute atomic E-state index is 0.00561. The molecule has 24 heavy (non-hydrogen) atoms. The molecule has 1 fully saturated rings. The maximum Gasteiger partial charge on any atom is 0.273 e. The van der Waals surface area contributed by atoms with Gasteiger partial charge < -0.3 is 10.2 Å². The lowest BCUT2D eigenvalue weighted by atomic mass is 9.97. The topological polar surface area (TPSA) is 45.2 Å². The van der Waals surface area contributed by atoms with Crippen LogP contribution in [-0.2, 0) is 6.42 Å². The summed E-state index contributed by atoms with van der Waals surface area (Å²) in [6, 6.07) is 6.69. The molecule has 0 aliphatic carbocycles. The van der Waals surface area contributed by atoms with E-state index in [0.717, 1.165) is 37.5 Å². The summed E-state index contributed by atoms with van der Waals surface area (Å²) in [5.41, 5.74) is 1.09. The van der Waals surface area contributed by atoms with Gasteiger partial charge in [-0.1, -0.05) is 18.2 Å². The van der Waals surface area contributed by atoms with Gasteiger partial charge in [-0.15, -0.1) is 11.3 Å². The SMILES string of the molecule is CNCC1CCN(C(=O)c2csc(Cc3ccccc3F)n2)CC1. The third kappa shape index (κ3) is 3.99. The van der Waals surface area contributed by atoms with Crippen molar-refractivity contribution in [3.05, 3.63) is 51.7 Å². The fourth-order valence-electron chi connectivity index (χ4n) is 3.09. The molecule has 1 aliphatic heterocycles. The normalized spacial score (nSPS) is 15.7. The van der Waals surface area contributed by atoms with E-state index in [1.807, 2.05) is 18.0 Å². The third-order valence-corrected chi connectivity index (χ3v) is 5.31. The highest BCUT2D eigenvalue weighted by atomic mass is 32.1. The first-order valence-corrected chi connectivity index (χ1v) is 9.17. The van der Waals surface area contributed by atoms with E-state index in [-0.39, 0.29) is 11.7 Å². The van der Waals surface area contributed by atoms with Crippen molar-refractivity contribution < 1.29 is 9.18 Å². The number of carbonyl (C=O) groups is 1. The summed E-state index contributed by atoms with van der Waals surface area (Å²) < 4.78 is 13.7. The van der Waals surface area contributed by atoms with Crippen LogP contribution in [-0.4, -0.2) is 42.5 Å². The maximum atomic E-state index is 13.7. The first-order valence-electron chi connectivity index (χ1n) is 8.29. The van der Waals surface area contributed by atoms with Crippen LogP contribution in [0, 0.1) is 11.7 Å². The highest BCUT2D eigenvalue weighted by Gasteiger charge is 2.24. The summed E-state index contributed by atoms with van der Waals surface area (Å²) >= 11 is 1.42. The van der Waals surface area contributed by atoms with E-state index in [0.29, 0.717) is 23.6 Å². The van der Waals surface area contributed by atoms with Crippen LogP contribution in [0.15, 0.2) is 29.6 Å². The van der Waals surface area contributed by atoms with Crippen LogP contribution in [0.25, 0.3) is 0 Å². The van der Waals surface area contributed by atoms with Crippen LogP contribution < -0.4 is 5.32 Å². The standard InChI is InChI=1S/C18H22FN3OS/c1-20-11-13-6-8-22(9-7-13)18(23)16-12-24-17(21-16)10-14-4-2-3-5-15(14)19/h2-5,12-13,20H,6-11H2,1H3. The van der Waals surface area contributed by atoms with Gasteiger partial charge in [0.25, 0.3) is 5.91 Å². The maximum absolute atomic E-state index is 13.7. The predicted molar refractivity (Wildman–Crippen MR) is 93.9 cm³/mol. The molecule has 6 heteroatoms. The van der Waals surface area contributed by atoms with Crippen molar-refractivity contribution in [2.45, 2.75) is 19.3 Å². The van der Waals surface area contributed by atoms with Gasteiger partial charge in [0.05, 0.1) is 5.01 Å². The number of nitrogens with zero attached hydrogens (tertiary/aromatic N) is 2. The second-order valence-electron chi connectivity index (χ2n) is 6.19. The van der Waals surface area contributed by atoms with Crippen LogP contribution in [0.1, 0.15) is 33.9 Å². The Morgan fingerprint density at radius 1 is 1.38 bits per heavy atom. The molecular formula is C18H22FN3OS. The number of piperidine rings is 1. The summed E-state index contributed by atoms with van der Waals surface area (Å²) in [6.45, 7) is 2.57. The molecule has 128 valence electrons. The average molecular weight is 347 g/mol. The summed E-state index contributed by atoms with van der Waals surface area (Å²) in [5, 5.41) is 5.76. The Labute approximate surface area is 145 Å². The molecule has 0 radical (unpaired) electrons. The molecule has 0 unspecified atom stereocenters. The van der Waals surface area contributed by atoms with E-state index >= 15 is 0 Å². The van der Waals surface area contributed by atoms with E-state index in [4.69, 9.17) is 0 Å². The largest absolute Gasteiger partial charge is 0.337 e. The zero-order valence-corrected chi connectivity index (χ0v) is 14.6. The highest BCUT2D eigenvalue weighted by molar-refractivity contribution is 7.09. The first-order chi connectivity index (χ1) is 11.7. The quantitative estimate of drug-likeness (QED) is 0.904. The predicted octanol–water partition coefficient (Wildman–Crippen LogP) is 2.94. The Hall–Kier alpha value is -1.79. The van der Waals surface area contributed by atoms with Crippen molar-refractivity contribution in [3.63, 3.8) is 0 Å². The Balaban J connectivity index is 1.61. The van der Waals surface area contributed by atoms with Gasteiger partial charge in [-0.05, 0) is 44.0 Å². The Morgan fingerprint density at radius 3 is 2.83 bits per heavy atom. The number of hydrogen-bond donors (Lipinski definition) is 1. The van der Waals surface area contributed by atoms with Crippen LogP contribution in [0.4, 0.5) is 4.39 Å². The Kier molecular flexibility index (Phi) is 5.58. The number of rotatable bonds is 5. The second kappa shape index (κ2) is 7.85. The lowest BCUT2D eigenvalue weighted by molar-refractivity contribution is 0.0685. The molecular weight excluding hydrogens is 325 g/mol. The molecule has 2 heterocycles. The van der Waals surface area contributed by atoms with Gasteiger partial charge >= 0.3 is 0 Å². The van der Waals surface area contributed by atoms with E-state index in [1.165, 1.54) is 17.4 Å². The Bertz CT molecular complexity index is 695. The fourth-order valence-corrected chi connectivity index (χ4v) is 3.88. The number of aromatic nitrogens is 1. The van der Waals surface area contributed by atoms with E-state index in [9.17, 15) is 9.18 Å². The molecule has 1 N–H and O–H groups in total. The van der Waals surface area contributed by atoms with E-state index < -0.39 is 0 Å². The number of likely N-dealkylation sites (tertiary alicyclic amines) is 1. The van der Waals surface area contributed by atoms with Crippen LogP contribution in [0.5, 0.6) is 0 Å². The molecule has 2 aromatic rings. The van der Waals surface area contributed by atoms with Crippen molar-refractivity contribution in [1.82, 2.24) is 15.2 Å². The molecule has 0 bridgehead atoms.